The van der Waals surface area contributed by atoms with E-state index in [2.05, 4.69) is 4.98 Å². The van der Waals surface area contributed by atoms with E-state index >= 15 is 0 Å². The number of nitrogens with zero attached hydrogens (tertiary/aromatic N) is 1. The minimum absolute atomic E-state index is 0.100. The molecule has 2 N–H and O–H groups in total. The zero-order valence-corrected chi connectivity index (χ0v) is 13.4. The Hall–Kier alpha value is -1.69. The lowest BCUT2D eigenvalue weighted by Crippen LogP contribution is -2.10. The van der Waals surface area contributed by atoms with Gasteiger partial charge in [-0.3, -0.25) is 4.98 Å². The largest absolute Gasteiger partial charge is 0.465 e. The molecular formula is C15H13Cl2FN2O2. The summed E-state index contributed by atoms with van der Waals surface area (Å²) >= 11 is 12.0. The van der Waals surface area contributed by atoms with Crippen LogP contribution in [-0.2, 0) is 4.74 Å². The SMILES string of the molecule is COC(=O)c1c(Cl)cc(Cl)cc1-c1cnc([C@@H](C)N)c(F)c1. The van der Waals surface area contributed by atoms with Gasteiger partial charge in [0.25, 0.3) is 0 Å². The van der Waals surface area contributed by atoms with Gasteiger partial charge >= 0.3 is 5.97 Å². The molecule has 0 radical (unpaired) electrons. The van der Waals surface area contributed by atoms with Gasteiger partial charge in [-0.05, 0) is 25.1 Å². The van der Waals surface area contributed by atoms with Crippen molar-refractivity contribution < 1.29 is 13.9 Å². The Morgan fingerprint density at radius 2 is 2.05 bits per heavy atom. The Labute approximate surface area is 137 Å². The van der Waals surface area contributed by atoms with Gasteiger partial charge in [0.05, 0.1) is 23.4 Å². The number of hydrogen-bond donors (Lipinski definition) is 1. The van der Waals surface area contributed by atoms with Gasteiger partial charge in [0.15, 0.2) is 0 Å². The highest BCUT2D eigenvalue weighted by Gasteiger charge is 2.20. The molecule has 0 bridgehead atoms. The standard InChI is InChI=1S/C15H13Cl2FN2O2/c1-7(19)14-12(18)3-8(6-20-14)10-4-9(16)5-11(17)13(10)15(21)22-2/h3-7H,19H2,1-2H3/t7-/m1/s1. The van der Waals surface area contributed by atoms with E-state index < -0.39 is 17.8 Å². The summed E-state index contributed by atoms with van der Waals surface area (Å²) in [6.07, 6.45) is 1.41. The van der Waals surface area contributed by atoms with Crippen LogP contribution in [0.4, 0.5) is 4.39 Å². The molecule has 2 rings (SSSR count). The molecule has 1 atom stereocenters. The highest BCUT2D eigenvalue weighted by Crippen LogP contribution is 2.33. The molecule has 1 aromatic carbocycles. The van der Waals surface area contributed by atoms with E-state index in [1.165, 1.54) is 31.5 Å². The van der Waals surface area contributed by atoms with E-state index in [4.69, 9.17) is 33.7 Å². The molecule has 0 aliphatic heterocycles. The summed E-state index contributed by atoms with van der Waals surface area (Å²) in [5.41, 5.74) is 6.56. The molecule has 1 heterocycles. The van der Waals surface area contributed by atoms with E-state index in [1.807, 2.05) is 0 Å². The van der Waals surface area contributed by atoms with Crippen LogP contribution >= 0.6 is 23.2 Å². The number of benzene rings is 1. The zero-order chi connectivity index (χ0) is 16.4. The maximum Gasteiger partial charge on any atom is 0.340 e. The predicted molar refractivity (Wildman–Crippen MR) is 83.6 cm³/mol. The van der Waals surface area contributed by atoms with E-state index in [1.54, 1.807) is 6.92 Å². The van der Waals surface area contributed by atoms with Crippen LogP contribution in [0, 0.1) is 5.82 Å². The van der Waals surface area contributed by atoms with Crippen molar-refractivity contribution in [3.05, 3.63) is 51.5 Å². The van der Waals surface area contributed by atoms with Gasteiger partial charge in [-0.15, -0.1) is 0 Å². The summed E-state index contributed by atoms with van der Waals surface area (Å²) in [6.45, 7) is 1.63. The molecular weight excluding hydrogens is 330 g/mol. The number of aromatic nitrogens is 1. The number of halogens is 3. The van der Waals surface area contributed by atoms with Gasteiger partial charge in [0.1, 0.15) is 5.82 Å². The van der Waals surface area contributed by atoms with Gasteiger partial charge in [-0.25, -0.2) is 9.18 Å². The second kappa shape index (κ2) is 6.60. The number of carbonyl (C=O) groups is 1. The van der Waals surface area contributed by atoms with Crippen molar-refractivity contribution in [3.63, 3.8) is 0 Å². The molecule has 0 aliphatic carbocycles. The van der Waals surface area contributed by atoms with Crippen LogP contribution in [0.5, 0.6) is 0 Å². The maximum atomic E-state index is 14.1. The van der Waals surface area contributed by atoms with Crippen molar-refractivity contribution >= 4 is 29.2 Å². The second-order valence-corrected chi connectivity index (χ2v) is 5.53. The summed E-state index contributed by atoms with van der Waals surface area (Å²) in [5.74, 6) is -1.22. The average Bonchev–Trinajstić information content (AvgIpc) is 2.45. The number of rotatable bonds is 3. The monoisotopic (exact) mass is 342 g/mol. The van der Waals surface area contributed by atoms with Crippen LogP contribution in [0.25, 0.3) is 11.1 Å². The maximum absolute atomic E-state index is 14.1. The third-order valence-corrected chi connectivity index (χ3v) is 3.57. The molecule has 0 saturated carbocycles. The number of esters is 1. The number of methoxy groups -OCH3 is 1. The van der Waals surface area contributed by atoms with Crippen molar-refractivity contribution in [2.24, 2.45) is 5.73 Å². The molecule has 22 heavy (non-hydrogen) atoms. The van der Waals surface area contributed by atoms with Gasteiger partial charge in [-0.2, -0.15) is 0 Å². The average molecular weight is 343 g/mol. The van der Waals surface area contributed by atoms with Crippen molar-refractivity contribution in [3.8, 4) is 11.1 Å². The molecule has 116 valence electrons. The van der Waals surface area contributed by atoms with Gasteiger partial charge in [0.2, 0.25) is 0 Å². The first-order valence-corrected chi connectivity index (χ1v) is 7.09. The number of carbonyl (C=O) groups excluding carboxylic acids is 1. The van der Waals surface area contributed by atoms with Gasteiger partial charge < -0.3 is 10.5 Å². The first-order chi connectivity index (χ1) is 10.3. The van der Waals surface area contributed by atoms with E-state index in [0.717, 1.165) is 0 Å². The molecule has 7 heteroatoms. The summed E-state index contributed by atoms with van der Waals surface area (Å²) in [5, 5.41) is 0.426. The molecule has 0 spiro atoms. The van der Waals surface area contributed by atoms with Gasteiger partial charge in [0, 0.05) is 28.4 Å². The predicted octanol–water partition coefficient (Wildman–Crippen LogP) is 4.00. The van der Waals surface area contributed by atoms with Crippen molar-refractivity contribution in [2.75, 3.05) is 7.11 Å². The van der Waals surface area contributed by atoms with E-state index in [0.29, 0.717) is 16.1 Å². The van der Waals surface area contributed by atoms with Crippen molar-refractivity contribution in [1.82, 2.24) is 4.98 Å². The van der Waals surface area contributed by atoms with Crippen LogP contribution in [-0.4, -0.2) is 18.1 Å². The lowest BCUT2D eigenvalue weighted by Gasteiger charge is -2.12. The summed E-state index contributed by atoms with van der Waals surface area (Å²) < 4.78 is 18.8. The molecule has 1 aromatic heterocycles. The summed E-state index contributed by atoms with van der Waals surface area (Å²) in [4.78, 5) is 15.9. The first-order valence-electron chi connectivity index (χ1n) is 6.34. The summed E-state index contributed by atoms with van der Waals surface area (Å²) in [6, 6.07) is 3.61. The van der Waals surface area contributed by atoms with Crippen molar-refractivity contribution in [2.45, 2.75) is 13.0 Å². The third-order valence-electron chi connectivity index (χ3n) is 3.06. The molecule has 0 unspecified atom stereocenters. The molecule has 4 nitrogen and oxygen atoms in total. The number of ether oxygens (including phenoxy) is 1. The fourth-order valence-corrected chi connectivity index (χ4v) is 2.61. The third kappa shape index (κ3) is 3.21. The number of nitrogens with two attached hydrogens (primary N) is 1. The molecule has 0 fully saturated rings. The first kappa shape index (κ1) is 16.7. The lowest BCUT2D eigenvalue weighted by atomic mass is 10.00. The van der Waals surface area contributed by atoms with Crippen LogP contribution in [0.2, 0.25) is 10.0 Å². The second-order valence-electron chi connectivity index (χ2n) is 4.68. The Morgan fingerprint density at radius 1 is 1.36 bits per heavy atom. The number of hydrogen-bond acceptors (Lipinski definition) is 4. The Kier molecular flexibility index (Phi) is 5.01. The Balaban J connectivity index is 2.66. The van der Waals surface area contributed by atoms with Crippen molar-refractivity contribution in [1.29, 1.82) is 0 Å². The molecule has 0 saturated heterocycles. The lowest BCUT2D eigenvalue weighted by molar-refractivity contribution is 0.0602. The topological polar surface area (TPSA) is 65.2 Å². The van der Waals surface area contributed by atoms with Gasteiger partial charge in [-0.1, -0.05) is 23.2 Å². The summed E-state index contributed by atoms with van der Waals surface area (Å²) in [7, 11) is 1.23. The van der Waals surface area contributed by atoms with Crippen LogP contribution in [0.1, 0.15) is 29.0 Å². The molecule has 2 aromatic rings. The normalized spacial score (nSPS) is 12.1. The fraction of sp³-hybridized carbons (Fsp3) is 0.200. The van der Waals surface area contributed by atoms with Crippen LogP contribution < -0.4 is 5.73 Å². The minimum Gasteiger partial charge on any atom is -0.465 e. The molecule has 0 aliphatic rings. The molecule has 0 amide bonds. The minimum atomic E-state index is -0.645. The van der Waals surface area contributed by atoms with E-state index in [9.17, 15) is 9.18 Å². The van der Waals surface area contributed by atoms with E-state index in [-0.39, 0.29) is 16.3 Å². The fourth-order valence-electron chi connectivity index (χ4n) is 2.04. The highest BCUT2D eigenvalue weighted by molar-refractivity contribution is 6.37. The zero-order valence-electron chi connectivity index (χ0n) is 11.9. The van der Waals surface area contributed by atoms with Crippen LogP contribution in [0.3, 0.4) is 0 Å². The Morgan fingerprint density at radius 3 is 2.59 bits per heavy atom. The smallest absolute Gasteiger partial charge is 0.340 e. The highest BCUT2D eigenvalue weighted by atomic mass is 35.5. The quantitative estimate of drug-likeness (QED) is 0.856. The van der Waals surface area contributed by atoms with Crippen LogP contribution in [0.15, 0.2) is 24.4 Å². The number of pyridine rings is 1. The Bertz CT molecular complexity index is 736.